The third-order valence-corrected chi connectivity index (χ3v) is 14.4. The molecule has 0 aromatic rings. The molecule has 0 aliphatic carbocycles. The predicted molar refractivity (Wildman–Crippen MR) is 333 cm³/mol. The summed E-state index contributed by atoms with van der Waals surface area (Å²) in [6.45, 7) is 11.9. The quantitative estimate of drug-likeness (QED) is 0.0268. The molecule has 458 valence electrons. The first kappa shape index (κ1) is 79.0. The third-order valence-electron chi connectivity index (χ3n) is 14.4. The van der Waals surface area contributed by atoms with Crippen LogP contribution in [0.2, 0.25) is 0 Å². The largest absolute Gasteiger partial charge is 0.466 e. The molecule has 0 aromatic carbocycles. The molecule has 0 radical (unpaired) electrons. The number of rotatable bonds is 59. The van der Waals surface area contributed by atoms with Gasteiger partial charge in [-0.15, -0.1) is 0 Å². The monoisotopic (exact) mass is 1090 g/mol. The highest BCUT2D eigenvalue weighted by Gasteiger charge is 2.08. The van der Waals surface area contributed by atoms with Crippen LogP contribution in [-0.2, 0) is 28.6 Å². The Labute approximate surface area is 480 Å². The highest BCUT2D eigenvalue weighted by atomic mass is 16.5. The number of allylic oxidation sites excluding steroid dienone is 4. The van der Waals surface area contributed by atoms with Crippen molar-refractivity contribution in [2.75, 3.05) is 26.4 Å². The fourth-order valence-corrected chi connectivity index (χ4v) is 9.18. The van der Waals surface area contributed by atoms with Crippen LogP contribution >= 0.6 is 0 Å². The molecule has 0 aromatic heterocycles. The van der Waals surface area contributed by atoms with Gasteiger partial charge in [0.05, 0.1) is 19.8 Å². The molecular weight excluding hydrogens is 957 g/mol. The first-order valence-electron chi connectivity index (χ1n) is 33.9. The van der Waals surface area contributed by atoms with E-state index in [2.05, 4.69) is 58.9 Å². The Balaban J connectivity index is -0.00000107. The molecular formula is C69H134O8. The maximum absolute atomic E-state index is 11.7. The maximum atomic E-state index is 11.7. The van der Waals surface area contributed by atoms with Gasteiger partial charge in [-0.05, 0) is 83.5 Å². The summed E-state index contributed by atoms with van der Waals surface area (Å²) in [4.78, 5) is 34.5. The van der Waals surface area contributed by atoms with E-state index in [0.717, 1.165) is 64.2 Å². The van der Waals surface area contributed by atoms with Crippen LogP contribution in [0.25, 0.3) is 0 Å². The first-order valence-corrected chi connectivity index (χ1v) is 33.9. The smallest absolute Gasteiger partial charge is 0.305 e. The Kier molecular flexibility index (Phi) is 75.8. The molecule has 0 rings (SSSR count). The van der Waals surface area contributed by atoms with Crippen molar-refractivity contribution in [3.8, 4) is 0 Å². The summed E-state index contributed by atoms with van der Waals surface area (Å²) in [5.74, 6) is -0.283. The maximum Gasteiger partial charge on any atom is 0.305 e. The number of esters is 3. The van der Waals surface area contributed by atoms with Crippen LogP contribution in [0.5, 0.6) is 0 Å². The number of hydrogen-bond donors (Lipinski definition) is 2. The standard InChI is InChI=1S/C26H52O2.C22H42O2.C21H40O4/c1-3-5-7-9-11-12-13-14-15-16-17-18-19-20-22-24-26(27)28-25-23-21-10-8-6-4-2;1-3-5-7-8-9-10-11-12-13-14-15-16-17-18-19-20-22(23)24-21-6-4-2;1-2-3-4-5-6-7-8-9-10-11-12-13-14-15-16-17-21(24)25-19-20(23)18-22/h3-25H2,1-2H3;12-13H,3-11,14-21H2,1-2H3;9-10,20,22-23H,2-8,11-19H2,1H3/b;13-12-;10-9-. The van der Waals surface area contributed by atoms with Crippen LogP contribution in [-0.4, -0.2) is 60.7 Å². The van der Waals surface area contributed by atoms with Gasteiger partial charge in [-0.25, -0.2) is 0 Å². The molecule has 0 fully saturated rings. The summed E-state index contributed by atoms with van der Waals surface area (Å²) in [5.41, 5.74) is 0. The first-order chi connectivity index (χ1) is 37.8. The molecule has 8 nitrogen and oxygen atoms in total. The van der Waals surface area contributed by atoms with Crippen molar-refractivity contribution in [3.63, 3.8) is 0 Å². The van der Waals surface area contributed by atoms with Crippen LogP contribution < -0.4 is 0 Å². The van der Waals surface area contributed by atoms with Crippen LogP contribution in [0, 0.1) is 0 Å². The molecule has 0 aliphatic heterocycles. The zero-order chi connectivity index (χ0) is 56.9. The molecule has 0 aliphatic rings. The van der Waals surface area contributed by atoms with Crippen molar-refractivity contribution in [1.82, 2.24) is 0 Å². The summed E-state index contributed by atoms with van der Waals surface area (Å²) in [7, 11) is 0. The Morgan fingerprint density at radius 2 is 0.519 bits per heavy atom. The van der Waals surface area contributed by atoms with Crippen LogP contribution in [0.4, 0.5) is 0 Å². The average Bonchev–Trinajstić information content (AvgIpc) is 3.43. The number of aliphatic hydroxyl groups excluding tert-OH is 2. The van der Waals surface area contributed by atoms with E-state index >= 15 is 0 Å². The fraction of sp³-hybridized carbons (Fsp3) is 0.899. The van der Waals surface area contributed by atoms with E-state index in [-0.39, 0.29) is 31.1 Å². The molecule has 2 N–H and O–H groups in total. The Bertz CT molecular complexity index is 1190. The molecule has 0 heterocycles. The molecule has 1 atom stereocenters. The summed E-state index contributed by atoms with van der Waals surface area (Å²) >= 11 is 0. The van der Waals surface area contributed by atoms with Crippen molar-refractivity contribution < 1.29 is 38.8 Å². The van der Waals surface area contributed by atoms with Crippen molar-refractivity contribution in [2.45, 2.75) is 375 Å². The van der Waals surface area contributed by atoms with Gasteiger partial charge in [0.1, 0.15) is 12.7 Å². The number of ether oxygens (including phenoxy) is 3. The van der Waals surface area contributed by atoms with Gasteiger partial charge >= 0.3 is 17.9 Å². The van der Waals surface area contributed by atoms with E-state index in [0.29, 0.717) is 32.5 Å². The highest BCUT2D eigenvalue weighted by Crippen LogP contribution is 2.16. The molecule has 77 heavy (non-hydrogen) atoms. The molecule has 0 bridgehead atoms. The van der Waals surface area contributed by atoms with Gasteiger partial charge in [-0.1, -0.05) is 290 Å². The van der Waals surface area contributed by atoms with E-state index in [1.165, 1.54) is 250 Å². The van der Waals surface area contributed by atoms with Gasteiger partial charge in [0, 0.05) is 19.3 Å². The molecule has 8 heteroatoms. The summed E-state index contributed by atoms with van der Waals surface area (Å²) in [5, 5.41) is 17.7. The van der Waals surface area contributed by atoms with E-state index in [9.17, 15) is 14.4 Å². The van der Waals surface area contributed by atoms with Gasteiger partial charge in [-0.2, -0.15) is 0 Å². The average molecular weight is 1090 g/mol. The third kappa shape index (κ3) is 78.1. The summed E-state index contributed by atoms with van der Waals surface area (Å²) < 4.78 is 15.3. The normalized spacial score (nSPS) is 11.6. The van der Waals surface area contributed by atoms with Crippen molar-refractivity contribution in [3.05, 3.63) is 24.3 Å². The minimum atomic E-state index is -0.960. The van der Waals surface area contributed by atoms with E-state index in [1.807, 2.05) is 0 Å². The van der Waals surface area contributed by atoms with E-state index in [1.54, 1.807) is 0 Å². The minimum absolute atomic E-state index is 0.0129. The summed E-state index contributed by atoms with van der Waals surface area (Å²) in [6, 6.07) is 0. The number of carbonyl (C=O) groups is 3. The van der Waals surface area contributed by atoms with Crippen LogP contribution in [0.15, 0.2) is 24.3 Å². The predicted octanol–water partition coefficient (Wildman–Crippen LogP) is 21.4. The molecule has 0 saturated carbocycles. The zero-order valence-corrected chi connectivity index (χ0v) is 52.3. The SMILES string of the molecule is CCCCCCCC/C=C\CCCCCCCC(=O)OCC(O)CO.CCCCCCCC/C=C\CCCCCCCC(=O)OCCCC.CCCCCCCCCCCCCCCCCC(=O)OCCCCCCCC. The van der Waals surface area contributed by atoms with E-state index < -0.39 is 6.10 Å². The second-order valence-electron chi connectivity index (χ2n) is 22.4. The number of unbranched alkanes of at least 4 members (excludes halogenated alkanes) is 42. The Hall–Kier alpha value is -2.19. The Morgan fingerprint density at radius 3 is 0.792 bits per heavy atom. The summed E-state index contributed by atoms with van der Waals surface area (Å²) in [6.07, 6.45) is 72.7. The molecule has 0 saturated heterocycles. The van der Waals surface area contributed by atoms with Crippen molar-refractivity contribution in [2.24, 2.45) is 0 Å². The number of hydrogen-bond acceptors (Lipinski definition) is 8. The van der Waals surface area contributed by atoms with Gasteiger partial charge in [0.15, 0.2) is 0 Å². The second kappa shape index (κ2) is 73.8. The van der Waals surface area contributed by atoms with Gasteiger partial charge in [0.25, 0.3) is 0 Å². The molecule has 0 amide bonds. The molecule has 0 spiro atoms. The fourth-order valence-electron chi connectivity index (χ4n) is 9.18. The highest BCUT2D eigenvalue weighted by molar-refractivity contribution is 5.69. The van der Waals surface area contributed by atoms with Gasteiger partial charge < -0.3 is 24.4 Å². The van der Waals surface area contributed by atoms with Crippen LogP contribution in [0.1, 0.15) is 369 Å². The minimum Gasteiger partial charge on any atom is -0.466 e. The van der Waals surface area contributed by atoms with Gasteiger partial charge in [0.2, 0.25) is 0 Å². The number of carbonyl (C=O) groups excluding carboxylic acids is 3. The lowest BCUT2D eigenvalue weighted by molar-refractivity contribution is -0.147. The topological polar surface area (TPSA) is 119 Å². The lowest BCUT2D eigenvalue weighted by Gasteiger charge is -2.08. The lowest BCUT2D eigenvalue weighted by Crippen LogP contribution is -2.21. The molecule has 1 unspecified atom stereocenters. The van der Waals surface area contributed by atoms with Crippen LogP contribution in [0.3, 0.4) is 0 Å². The van der Waals surface area contributed by atoms with Crippen molar-refractivity contribution >= 4 is 17.9 Å². The van der Waals surface area contributed by atoms with E-state index in [4.69, 9.17) is 24.4 Å². The lowest BCUT2D eigenvalue weighted by atomic mass is 10.0. The number of aliphatic hydroxyl groups is 2. The van der Waals surface area contributed by atoms with Gasteiger partial charge in [-0.3, -0.25) is 14.4 Å². The second-order valence-corrected chi connectivity index (χ2v) is 22.4. The zero-order valence-electron chi connectivity index (χ0n) is 52.3. The Morgan fingerprint density at radius 1 is 0.299 bits per heavy atom. The van der Waals surface area contributed by atoms with Crippen molar-refractivity contribution in [1.29, 1.82) is 0 Å².